The Balaban J connectivity index is 1.95. The number of hydrogen-bond acceptors (Lipinski definition) is 3. The molecule has 0 N–H and O–H groups in total. The fourth-order valence-corrected chi connectivity index (χ4v) is 4.45. The van der Waals surface area contributed by atoms with E-state index in [1.165, 1.54) is 4.31 Å². The van der Waals surface area contributed by atoms with Crippen molar-refractivity contribution in [2.45, 2.75) is 37.7 Å². The molecule has 0 aromatic rings. The Hall–Kier alpha value is 0.160. The van der Waals surface area contributed by atoms with E-state index >= 15 is 0 Å². The number of nitrogens with zero attached hydrogens (tertiary/aromatic N) is 1. The minimum Gasteiger partial charge on any atom is -0.377 e. The van der Waals surface area contributed by atoms with E-state index in [-0.39, 0.29) is 17.2 Å². The van der Waals surface area contributed by atoms with Gasteiger partial charge in [0.05, 0.1) is 11.9 Å². The van der Waals surface area contributed by atoms with Crippen molar-refractivity contribution in [1.82, 2.24) is 4.31 Å². The summed E-state index contributed by atoms with van der Waals surface area (Å²) in [6.45, 7) is 3.80. The van der Waals surface area contributed by atoms with Gasteiger partial charge < -0.3 is 4.74 Å². The molecule has 0 bridgehead atoms. The van der Waals surface area contributed by atoms with Crippen LogP contribution in [0.4, 0.5) is 0 Å². The topological polar surface area (TPSA) is 46.6 Å². The molecule has 0 amide bonds. The SMILES string of the molecule is CC1CCN(S(=O)(=O)CC2CCCO2)CC1Cl. The largest absolute Gasteiger partial charge is 0.377 e. The van der Waals surface area contributed by atoms with Crippen molar-refractivity contribution in [3.05, 3.63) is 0 Å². The molecular weight excluding hydrogens is 262 g/mol. The maximum atomic E-state index is 12.2. The number of hydrogen-bond donors (Lipinski definition) is 0. The first kappa shape index (κ1) is 13.6. The maximum absolute atomic E-state index is 12.2. The summed E-state index contributed by atoms with van der Waals surface area (Å²) in [7, 11) is -3.20. The van der Waals surface area contributed by atoms with Crippen molar-refractivity contribution in [2.24, 2.45) is 5.92 Å². The predicted octanol–water partition coefficient (Wildman–Crippen LogP) is 1.44. The number of ether oxygens (including phenoxy) is 1. The molecule has 6 heteroatoms. The van der Waals surface area contributed by atoms with Crippen LogP contribution in [0.5, 0.6) is 0 Å². The van der Waals surface area contributed by atoms with Crippen molar-refractivity contribution < 1.29 is 13.2 Å². The van der Waals surface area contributed by atoms with E-state index in [2.05, 4.69) is 6.92 Å². The first-order valence-electron chi connectivity index (χ1n) is 6.22. The fourth-order valence-electron chi connectivity index (χ4n) is 2.36. The zero-order valence-electron chi connectivity index (χ0n) is 10.1. The molecule has 2 rings (SSSR count). The lowest BCUT2D eigenvalue weighted by molar-refractivity contribution is 0.126. The second kappa shape index (κ2) is 5.43. The van der Waals surface area contributed by atoms with Crippen molar-refractivity contribution in [3.8, 4) is 0 Å². The van der Waals surface area contributed by atoms with Crippen LogP contribution in [0.25, 0.3) is 0 Å². The summed E-state index contributed by atoms with van der Waals surface area (Å²) in [4.78, 5) is 0. The smallest absolute Gasteiger partial charge is 0.216 e. The van der Waals surface area contributed by atoms with Gasteiger partial charge in [-0.05, 0) is 25.2 Å². The van der Waals surface area contributed by atoms with E-state index in [1.54, 1.807) is 0 Å². The van der Waals surface area contributed by atoms with Crippen LogP contribution in [0.3, 0.4) is 0 Å². The van der Waals surface area contributed by atoms with Crippen LogP contribution in [0.2, 0.25) is 0 Å². The minimum absolute atomic E-state index is 0.0666. The Labute approximate surface area is 108 Å². The van der Waals surface area contributed by atoms with Crippen molar-refractivity contribution in [3.63, 3.8) is 0 Å². The third-order valence-electron chi connectivity index (χ3n) is 3.64. The Bertz CT molecular complexity index is 354. The van der Waals surface area contributed by atoms with Gasteiger partial charge in [-0.1, -0.05) is 6.92 Å². The molecule has 4 nitrogen and oxygen atoms in total. The van der Waals surface area contributed by atoms with Gasteiger partial charge in [0, 0.05) is 25.1 Å². The molecule has 2 heterocycles. The third kappa shape index (κ3) is 3.34. The van der Waals surface area contributed by atoms with E-state index in [1.807, 2.05) is 0 Å². The molecule has 0 radical (unpaired) electrons. The maximum Gasteiger partial charge on any atom is 0.216 e. The molecule has 2 fully saturated rings. The van der Waals surface area contributed by atoms with Gasteiger partial charge in [0.2, 0.25) is 10.0 Å². The van der Waals surface area contributed by atoms with Crippen LogP contribution in [-0.4, -0.2) is 49.7 Å². The Morgan fingerprint density at radius 2 is 2.18 bits per heavy atom. The van der Waals surface area contributed by atoms with Gasteiger partial charge in [0.15, 0.2) is 0 Å². The molecule has 3 unspecified atom stereocenters. The van der Waals surface area contributed by atoms with Crippen LogP contribution in [0.1, 0.15) is 26.2 Å². The molecular formula is C11H20ClNO3S. The van der Waals surface area contributed by atoms with Gasteiger partial charge in [0.1, 0.15) is 0 Å². The highest BCUT2D eigenvalue weighted by Gasteiger charge is 2.34. The van der Waals surface area contributed by atoms with Gasteiger partial charge in [-0.2, -0.15) is 0 Å². The van der Waals surface area contributed by atoms with Crippen LogP contribution in [0.15, 0.2) is 0 Å². The highest BCUT2D eigenvalue weighted by atomic mass is 35.5. The first-order valence-corrected chi connectivity index (χ1v) is 8.27. The summed E-state index contributed by atoms with van der Waals surface area (Å²) in [5.74, 6) is 0.510. The second-order valence-corrected chi connectivity index (χ2v) is 7.63. The van der Waals surface area contributed by atoms with Gasteiger partial charge >= 0.3 is 0 Å². The van der Waals surface area contributed by atoms with E-state index in [0.717, 1.165) is 19.3 Å². The highest BCUT2D eigenvalue weighted by Crippen LogP contribution is 2.25. The van der Waals surface area contributed by atoms with Gasteiger partial charge in [-0.3, -0.25) is 0 Å². The van der Waals surface area contributed by atoms with Crippen molar-refractivity contribution in [1.29, 1.82) is 0 Å². The summed E-state index contributed by atoms with van der Waals surface area (Å²) in [5.41, 5.74) is 0. The van der Waals surface area contributed by atoms with Crippen LogP contribution in [0, 0.1) is 5.92 Å². The lowest BCUT2D eigenvalue weighted by atomic mass is 10.0. The van der Waals surface area contributed by atoms with E-state index < -0.39 is 10.0 Å². The third-order valence-corrected chi connectivity index (χ3v) is 6.12. The van der Waals surface area contributed by atoms with Gasteiger partial charge in [0.25, 0.3) is 0 Å². The standard InChI is InChI=1S/C11H20ClNO3S/c1-9-4-5-13(7-11(9)12)17(14,15)8-10-3-2-6-16-10/h9-11H,2-8H2,1H3. The number of piperidine rings is 1. The normalized spacial score (nSPS) is 36.2. The predicted molar refractivity (Wildman–Crippen MR) is 67.8 cm³/mol. The number of rotatable bonds is 3. The molecule has 100 valence electrons. The van der Waals surface area contributed by atoms with Crippen LogP contribution in [-0.2, 0) is 14.8 Å². The summed E-state index contributed by atoms with van der Waals surface area (Å²) in [6, 6.07) is 0. The van der Waals surface area contributed by atoms with E-state index in [0.29, 0.717) is 25.6 Å². The average molecular weight is 282 g/mol. The fraction of sp³-hybridized carbons (Fsp3) is 1.00. The Morgan fingerprint density at radius 3 is 2.76 bits per heavy atom. The minimum atomic E-state index is -3.20. The van der Waals surface area contributed by atoms with E-state index in [9.17, 15) is 8.42 Å². The molecule has 0 aliphatic carbocycles. The lowest BCUT2D eigenvalue weighted by Gasteiger charge is -2.33. The molecule has 0 aromatic heterocycles. The monoisotopic (exact) mass is 281 g/mol. The molecule has 0 aromatic carbocycles. The lowest BCUT2D eigenvalue weighted by Crippen LogP contribution is -2.46. The quantitative estimate of drug-likeness (QED) is 0.736. The van der Waals surface area contributed by atoms with Gasteiger partial charge in [-0.25, -0.2) is 12.7 Å². The summed E-state index contributed by atoms with van der Waals surface area (Å²) in [5, 5.41) is -0.0666. The molecule has 2 aliphatic heterocycles. The summed E-state index contributed by atoms with van der Waals surface area (Å²) >= 11 is 6.15. The number of halogens is 1. The summed E-state index contributed by atoms with van der Waals surface area (Å²) < 4.78 is 31.3. The first-order chi connectivity index (χ1) is 7.99. The molecule has 0 saturated carbocycles. The van der Waals surface area contributed by atoms with Crippen LogP contribution >= 0.6 is 11.6 Å². The Kier molecular flexibility index (Phi) is 4.34. The Morgan fingerprint density at radius 1 is 1.41 bits per heavy atom. The average Bonchev–Trinajstić information content (AvgIpc) is 2.73. The molecule has 2 saturated heterocycles. The molecule has 0 spiro atoms. The van der Waals surface area contributed by atoms with Crippen LogP contribution < -0.4 is 0 Å². The summed E-state index contributed by atoms with van der Waals surface area (Å²) in [6.07, 6.45) is 2.55. The zero-order chi connectivity index (χ0) is 12.5. The van der Waals surface area contributed by atoms with E-state index in [4.69, 9.17) is 16.3 Å². The van der Waals surface area contributed by atoms with Crippen molar-refractivity contribution >= 4 is 21.6 Å². The molecule has 2 aliphatic rings. The molecule has 3 atom stereocenters. The zero-order valence-corrected chi connectivity index (χ0v) is 11.7. The van der Waals surface area contributed by atoms with Gasteiger partial charge in [-0.15, -0.1) is 11.6 Å². The second-order valence-electron chi connectivity index (χ2n) is 5.05. The highest BCUT2D eigenvalue weighted by molar-refractivity contribution is 7.89. The number of sulfonamides is 1. The van der Waals surface area contributed by atoms with Crippen molar-refractivity contribution in [2.75, 3.05) is 25.4 Å². The molecule has 17 heavy (non-hydrogen) atoms. The number of alkyl halides is 1.